The summed E-state index contributed by atoms with van der Waals surface area (Å²) < 4.78 is 14.3. The molecule has 1 aromatic carbocycles. The Labute approximate surface area is 167 Å². The van der Waals surface area contributed by atoms with Gasteiger partial charge in [-0.3, -0.25) is 14.4 Å². The van der Waals surface area contributed by atoms with Crippen LogP contribution < -0.4 is 10.8 Å². The summed E-state index contributed by atoms with van der Waals surface area (Å²) in [4.78, 5) is 30.8. The molecule has 1 amide bonds. The van der Waals surface area contributed by atoms with Crippen LogP contribution in [0.15, 0.2) is 18.2 Å². The third-order valence-electron chi connectivity index (χ3n) is 3.99. The maximum Gasteiger partial charge on any atom is 0.278 e. The van der Waals surface area contributed by atoms with Gasteiger partial charge in [-0.2, -0.15) is 0 Å². The SMILES string of the molecule is Cc1ccc(Nc2sc(C(=O)C(C)(C)C)c(C)c2C(=O)NOCCO)c(F)c1. The lowest BCUT2D eigenvalue weighted by Gasteiger charge is -2.15. The van der Waals surface area contributed by atoms with Crippen molar-refractivity contribution < 1.29 is 23.9 Å². The minimum atomic E-state index is -0.636. The highest BCUT2D eigenvalue weighted by atomic mass is 32.1. The molecule has 8 heteroatoms. The van der Waals surface area contributed by atoms with Crippen LogP contribution in [-0.4, -0.2) is 30.0 Å². The summed E-state index contributed by atoms with van der Waals surface area (Å²) in [6.07, 6.45) is 0. The summed E-state index contributed by atoms with van der Waals surface area (Å²) in [5.74, 6) is -1.15. The topological polar surface area (TPSA) is 87.7 Å². The van der Waals surface area contributed by atoms with Gasteiger partial charge in [0.15, 0.2) is 5.78 Å². The average molecular weight is 408 g/mol. The smallest absolute Gasteiger partial charge is 0.278 e. The van der Waals surface area contributed by atoms with Crippen LogP contribution in [0.25, 0.3) is 0 Å². The second-order valence-corrected chi connectivity index (χ2v) is 8.47. The molecule has 3 N–H and O–H groups in total. The van der Waals surface area contributed by atoms with E-state index in [1.807, 2.05) is 0 Å². The van der Waals surface area contributed by atoms with Crippen molar-refractivity contribution in [1.29, 1.82) is 0 Å². The lowest BCUT2D eigenvalue weighted by atomic mass is 9.88. The number of carbonyl (C=O) groups excluding carboxylic acids is 2. The lowest BCUT2D eigenvalue weighted by molar-refractivity contribution is 0.0169. The minimum Gasteiger partial charge on any atom is -0.394 e. The van der Waals surface area contributed by atoms with Crippen molar-refractivity contribution in [2.24, 2.45) is 5.41 Å². The largest absolute Gasteiger partial charge is 0.394 e. The van der Waals surface area contributed by atoms with Crippen LogP contribution >= 0.6 is 11.3 Å². The van der Waals surface area contributed by atoms with E-state index < -0.39 is 17.1 Å². The summed E-state index contributed by atoms with van der Waals surface area (Å²) in [6.45, 7) is 8.52. The Bertz CT molecular complexity index is 887. The highest BCUT2D eigenvalue weighted by molar-refractivity contribution is 7.18. The van der Waals surface area contributed by atoms with Crippen LogP contribution in [0, 0.1) is 25.1 Å². The zero-order valence-electron chi connectivity index (χ0n) is 16.6. The van der Waals surface area contributed by atoms with Crippen molar-refractivity contribution in [1.82, 2.24) is 5.48 Å². The maximum atomic E-state index is 14.3. The van der Waals surface area contributed by atoms with E-state index in [4.69, 9.17) is 9.94 Å². The normalized spacial score (nSPS) is 11.4. The Hall–Kier alpha value is -2.29. The lowest BCUT2D eigenvalue weighted by Crippen LogP contribution is -2.26. The third kappa shape index (κ3) is 4.95. The molecule has 28 heavy (non-hydrogen) atoms. The number of hydroxylamine groups is 1. The zero-order chi connectivity index (χ0) is 21.1. The molecule has 6 nitrogen and oxygen atoms in total. The van der Waals surface area contributed by atoms with Gasteiger partial charge in [0.25, 0.3) is 5.91 Å². The number of halogens is 1. The van der Waals surface area contributed by atoms with Crippen LogP contribution in [0.4, 0.5) is 15.1 Å². The van der Waals surface area contributed by atoms with Gasteiger partial charge in [-0.15, -0.1) is 11.3 Å². The first-order valence-corrected chi connectivity index (χ1v) is 9.62. The molecule has 0 aliphatic carbocycles. The fourth-order valence-corrected chi connectivity index (χ4v) is 3.86. The molecule has 0 saturated carbocycles. The van der Waals surface area contributed by atoms with Gasteiger partial charge in [0.05, 0.1) is 29.3 Å². The Morgan fingerprint density at radius 1 is 1.25 bits per heavy atom. The summed E-state index contributed by atoms with van der Waals surface area (Å²) in [7, 11) is 0. The molecule has 2 aromatic rings. The van der Waals surface area contributed by atoms with Crippen molar-refractivity contribution in [3.05, 3.63) is 45.6 Å². The van der Waals surface area contributed by atoms with Crippen LogP contribution in [0.3, 0.4) is 0 Å². The quantitative estimate of drug-likeness (QED) is 0.364. The monoisotopic (exact) mass is 408 g/mol. The van der Waals surface area contributed by atoms with Gasteiger partial charge < -0.3 is 10.4 Å². The maximum absolute atomic E-state index is 14.3. The van der Waals surface area contributed by atoms with E-state index in [0.29, 0.717) is 15.4 Å². The molecule has 152 valence electrons. The minimum absolute atomic E-state index is 0.0714. The number of hydrogen-bond donors (Lipinski definition) is 3. The number of carbonyl (C=O) groups is 2. The van der Waals surface area contributed by atoms with Crippen LogP contribution in [0.1, 0.15) is 51.9 Å². The molecule has 1 aromatic heterocycles. The number of benzene rings is 1. The predicted molar refractivity (Wildman–Crippen MR) is 108 cm³/mol. The first-order valence-electron chi connectivity index (χ1n) is 8.80. The molecular weight excluding hydrogens is 383 g/mol. The summed E-state index contributed by atoms with van der Waals surface area (Å²) >= 11 is 1.10. The van der Waals surface area contributed by atoms with E-state index in [2.05, 4.69) is 10.8 Å². The summed E-state index contributed by atoms with van der Waals surface area (Å²) in [5.41, 5.74) is 3.27. The number of aliphatic hydroxyl groups excluding tert-OH is 1. The molecule has 0 aliphatic rings. The van der Waals surface area contributed by atoms with Crippen molar-refractivity contribution in [2.45, 2.75) is 34.6 Å². The zero-order valence-corrected chi connectivity index (χ0v) is 17.4. The van der Waals surface area contributed by atoms with Crippen molar-refractivity contribution in [3.63, 3.8) is 0 Å². The van der Waals surface area contributed by atoms with Crippen molar-refractivity contribution >= 4 is 33.7 Å². The molecule has 0 aliphatic heterocycles. The Morgan fingerprint density at radius 3 is 2.50 bits per heavy atom. The number of Topliss-reactive ketones (excluding diaryl/α,β-unsaturated/α-hetero) is 1. The molecule has 0 radical (unpaired) electrons. The van der Waals surface area contributed by atoms with E-state index in [9.17, 15) is 14.0 Å². The number of ketones is 1. The number of anilines is 2. The van der Waals surface area contributed by atoms with Crippen molar-refractivity contribution in [2.75, 3.05) is 18.5 Å². The summed E-state index contributed by atoms with van der Waals surface area (Å²) in [5, 5.41) is 12.1. The average Bonchev–Trinajstić information content (AvgIpc) is 2.92. The van der Waals surface area contributed by atoms with Crippen LogP contribution in [-0.2, 0) is 4.84 Å². The van der Waals surface area contributed by atoms with E-state index in [1.165, 1.54) is 6.07 Å². The number of rotatable bonds is 7. The van der Waals surface area contributed by atoms with Crippen LogP contribution in [0.5, 0.6) is 0 Å². The number of amides is 1. The van der Waals surface area contributed by atoms with E-state index in [1.54, 1.807) is 46.8 Å². The molecular formula is C20H25FN2O4S. The molecule has 0 unspecified atom stereocenters. The predicted octanol–water partition coefficient (Wildman–Crippen LogP) is 4.13. The van der Waals surface area contributed by atoms with Gasteiger partial charge in [0, 0.05) is 5.41 Å². The Morgan fingerprint density at radius 2 is 1.93 bits per heavy atom. The molecule has 0 spiro atoms. The van der Waals surface area contributed by atoms with Gasteiger partial charge in [0.2, 0.25) is 0 Å². The third-order valence-corrected chi connectivity index (χ3v) is 5.20. The highest BCUT2D eigenvalue weighted by Crippen LogP contribution is 2.38. The molecule has 2 rings (SSSR count). The highest BCUT2D eigenvalue weighted by Gasteiger charge is 2.31. The second kappa shape index (κ2) is 8.81. The fourth-order valence-electron chi connectivity index (χ4n) is 2.49. The standard InChI is InChI=1S/C20H25FN2O4S/c1-11-6-7-14(13(21)10-11)22-19-15(18(26)23-27-9-8-24)12(2)16(28-19)17(25)20(3,4)5/h6-7,10,22,24H,8-9H2,1-5H3,(H,23,26). The van der Waals surface area contributed by atoms with Gasteiger partial charge >= 0.3 is 0 Å². The molecule has 0 saturated heterocycles. The number of aliphatic hydroxyl groups is 1. The fraction of sp³-hybridized carbons (Fsp3) is 0.400. The number of thiophene rings is 1. The van der Waals surface area contributed by atoms with Crippen molar-refractivity contribution in [3.8, 4) is 0 Å². The first-order chi connectivity index (χ1) is 13.1. The summed E-state index contributed by atoms with van der Waals surface area (Å²) in [6, 6.07) is 4.71. The second-order valence-electron chi connectivity index (χ2n) is 7.45. The molecule has 1 heterocycles. The van der Waals surface area contributed by atoms with Gasteiger partial charge in [0.1, 0.15) is 10.8 Å². The van der Waals surface area contributed by atoms with E-state index in [-0.39, 0.29) is 30.2 Å². The Kier molecular flexibility index (Phi) is 6.92. The number of hydrogen-bond acceptors (Lipinski definition) is 6. The Balaban J connectivity index is 2.49. The first kappa shape index (κ1) is 22.0. The van der Waals surface area contributed by atoms with E-state index in [0.717, 1.165) is 16.9 Å². The van der Waals surface area contributed by atoms with Crippen LogP contribution in [0.2, 0.25) is 0 Å². The molecule has 0 atom stereocenters. The number of nitrogens with one attached hydrogen (secondary N) is 2. The van der Waals surface area contributed by atoms with E-state index >= 15 is 0 Å². The van der Waals surface area contributed by atoms with Gasteiger partial charge in [-0.25, -0.2) is 9.87 Å². The van der Waals surface area contributed by atoms with Gasteiger partial charge in [-0.05, 0) is 37.1 Å². The van der Waals surface area contributed by atoms with Gasteiger partial charge in [-0.1, -0.05) is 26.8 Å². The number of aryl methyl sites for hydroxylation is 1. The molecule has 0 bridgehead atoms. The molecule has 0 fully saturated rings.